The van der Waals surface area contributed by atoms with Gasteiger partial charge in [0.05, 0.1) is 6.54 Å². The molecule has 0 unspecified atom stereocenters. The lowest BCUT2D eigenvalue weighted by Gasteiger charge is -2.35. The van der Waals surface area contributed by atoms with Crippen LogP contribution in [-0.2, 0) is 14.3 Å². The van der Waals surface area contributed by atoms with Crippen molar-refractivity contribution < 1.29 is 19.4 Å². The van der Waals surface area contributed by atoms with Crippen LogP contribution in [-0.4, -0.2) is 37.1 Å². The summed E-state index contributed by atoms with van der Waals surface area (Å²) >= 11 is 0. The number of carbonyl (C=O) groups excluding carboxylic acids is 1. The molecule has 112 valence electrons. The molecule has 0 saturated carbocycles. The Labute approximate surface area is 120 Å². The lowest BCUT2D eigenvalue weighted by molar-refractivity contribution is -0.170. The third-order valence-corrected chi connectivity index (χ3v) is 3.28. The summed E-state index contributed by atoms with van der Waals surface area (Å²) in [4.78, 5) is 11.9. The molecule has 5 heteroatoms. The Morgan fingerprint density at radius 1 is 1.65 bits per heavy atom. The van der Waals surface area contributed by atoms with Gasteiger partial charge in [-0.1, -0.05) is 12.8 Å². The van der Waals surface area contributed by atoms with Gasteiger partial charge in [-0.2, -0.15) is 0 Å². The van der Waals surface area contributed by atoms with E-state index >= 15 is 0 Å². The van der Waals surface area contributed by atoms with E-state index in [1.165, 1.54) is 0 Å². The van der Waals surface area contributed by atoms with Crippen molar-refractivity contribution in [3.8, 4) is 12.3 Å². The molecule has 0 aliphatic carbocycles. The van der Waals surface area contributed by atoms with Crippen molar-refractivity contribution in [3.05, 3.63) is 11.8 Å². The smallest absolute Gasteiger partial charge is 0.286 e. The molecule has 0 fully saturated rings. The molecule has 0 aromatic carbocycles. The molecular formula is C15H23NO4. The van der Waals surface area contributed by atoms with Gasteiger partial charge >= 0.3 is 0 Å². The summed E-state index contributed by atoms with van der Waals surface area (Å²) in [7, 11) is 0. The number of aliphatic hydroxyl groups excluding tert-OH is 1. The molecule has 5 nitrogen and oxygen atoms in total. The van der Waals surface area contributed by atoms with Crippen molar-refractivity contribution in [2.24, 2.45) is 11.8 Å². The number of nitrogens with one attached hydrogen (secondary N) is 1. The Morgan fingerprint density at radius 2 is 2.40 bits per heavy atom. The highest BCUT2D eigenvalue weighted by Gasteiger charge is 2.34. The minimum Gasteiger partial charge on any atom is -0.459 e. The predicted molar refractivity (Wildman–Crippen MR) is 75.4 cm³/mol. The molecular weight excluding hydrogens is 258 g/mol. The lowest BCUT2D eigenvalue weighted by atomic mass is 9.87. The van der Waals surface area contributed by atoms with Gasteiger partial charge in [0.2, 0.25) is 6.29 Å². The molecule has 0 spiro atoms. The van der Waals surface area contributed by atoms with Crippen molar-refractivity contribution >= 4 is 5.91 Å². The highest BCUT2D eigenvalue weighted by atomic mass is 16.7. The fourth-order valence-electron chi connectivity index (χ4n) is 2.26. The fraction of sp³-hybridized carbons (Fsp3) is 0.667. The minimum atomic E-state index is -0.460. The van der Waals surface area contributed by atoms with Crippen LogP contribution < -0.4 is 5.32 Å². The minimum absolute atomic E-state index is 0.131. The zero-order valence-corrected chi connectivity index (χ0v) is 12.1. The van der Waals surface area contributed by atoms with E-state index in [4.69, 9.17) is 21.0 Å². The van der Waals surface area contributed by atoms with E-state index in [-0.39, 0.29) is 36.7 Å². The number of rotatable bonds is 7. The van der Waals surface area contributed by atoms with Crippen LogP contribution >= 0.6 is 0 Å². The molecule has 1 heterocycles. The summed E-state index contributed by atoms with van der Waals surface area (Å²) in [5.74, 6) is 2.55. The first-order valence-corrected chi connectivity index (χ1v) is 6.96. The summed E-state index contributed by atoms with van der Waals surface area (Å²) in [5.41, 5.74) is 0. The summed E-state index contributed by atoms with van der Waals surface area (Å²) in [5, 5.41) is 11.5. The second-order valence-electron chi connectivity index (χ2n) is 4.75. The largest absolute Gasteiger partial charge is 0.459 e. The van der Waals surface area contributed by atoms with Crippen molar-refractivity contribution in [2.75, 3.05) is 19.8 Å². The van der Waals surface area contributed by atoms with Gasteiger partial charge in [-0.25, -0.2) is 0 Å². The van der Waals surface area contributed by atoms with Crippen LogP contribution in [0, 0.1) is 24.2 Å². The maximum absolute atomic E-state index is 11.9. The number of allylic oxidation sites excluding steroid dienone is 1. The summed E-state index contributed by atoms with van der Waals surface area (Å²) < 4.78 is 11.2. The maximum atomic E-state index is 11.9. The first-order valence-electron chi connectivity index (χ1n) is 6.96. The van der Waals surface area contributed by atoms with Crippen LogP contribution in [0.15, 0.2) is 11.8 Å². The molecule has 0 bridgehead atoms. The number of amides is 1. The van der Waals surface area contributed by atoms with E-state index in [0.29, 0.717) is 13.0 Å². The van der Waals surface area contributed by atoms with Gasteiger partial charge in [0.25, 0.3) is 5.91 Å². The van der Waals surface area contributed by atoms with E-state index in [0.717, 1.165) is 6.42 Å². The lowest BCUT2D eigenvalue weighted by Crippen LogP contribution is -2.39. The van der Waals surface area contributed by atoms with E-state index in [1.54, 1.807) is 6.08 Å². The average Bonchev–Trinajstić information content (AvgIpc) is 2.44. The second kappa shape index (κ2) is 8.62. The highest BCUT2D eigenvalue weighted by molar-refractivity contribution is 5.91. The van der Waals surface area contributed by atoms with Crippen molar-refractivity contribution in [3.63, 3.8) is 0 Å². The van der Waals surface area contributed by atoms with Crippen molar-refractivity contribution in [1.29, 1.82) is 0 Å². The van der Waals surface area contributed by atoms with Crippen molar-refractivity contribution in [2.45, 2.75) is 33.0 Å². The quantitative estimate of drug-likeness (QED) is 0.684. The van der Waals surface area contributed by atoms with E-state index in [1.807, 2.05) is 13.8 Å². The maximum Gasteiger partial charge on any atom is 0.286 e. The predicted octanol–water partition coefficient (Wildman–Crippen LogP) is 1.04. The van der Waals surface area contributed by atoms with Gasteiger partial charge in [0.1, 0.15) is 0 Å². The molecule has 2 N–H and O–H groups in total. The molecule has 1 rings (SSSR count). The van der Waals surface area contributed by atoms with Crippen LogP contribution in [0.3, 0.4) is 0 Å². The normalized spacial score (nSPS) is 25.3. The summed E-state index contributed by atoms with van der Waals surface area (Å²) in [6.07, 6.45) is 7.93. The van der Waals surface area contributed by atoms with Crippen LogP contribution in [0.2, 0.25) is 0 Å². The topological polar surface area (TPSA) is 67.8 Å². The van der Waals surface area contributed by atoms with Gasteiger partial charge in [0.15, 0.2) is 5.76 Å². The van der Waals surface area contributed by atoms with Crippen LogP contribution in [0.4, 0.5) is 0 Å². The first kappa shape index (κ1) is 16.5. The monoisotopic (exact) mass is 281 g/mol. The standard InChI is InChI=1S/C15H23NO4/c1-4-8-16-14(18)13-10-11(3)12(7-6-9-17)15(20-13)19-5-2/h1,10-12,15,17H,5-9H2,2-3H3,(H,16,18)/t11-,12+,15+/m0/s1. The Bertz CT molecular complexity index is 386. The third-order valence-electron chi connectivity index (χ3n) is 3.28. The van der Waals surface area contributed by atoms with Crippen LogP contribution in [0.5, 0.6) is 0 Å². The zero-order valence-electron chi connectivity index (χ0n) is 12.1. The van der Waals surface area contributed by atoms with Gasteiger partial charge in [0, 0.05) is 19.1 Å². The molecule has 0 radical (unpaired) electrons. The number of carbonyl (C=O) groups is 1. The van der Waals surface area contributed by atoms with E-state index in [2.05, 4.69) is 11.2 Å². The van der Waals surface area contributed by atoms with Gasteiger partial charge in [-0.3, -0.25) is 4.79 Å². The molecule has 1 amide bonds. The first-order chi connectivity index (χ1) is 9.63. The Morgan fingerprint density at radius 3 is 3.00 bits per heavy atom. The van der Waals surface area contributed by atoms with Gasteiger partial charge in [-0.05, 0) is 31.8 Å². The SMILES string of the molecule is C#CCNC(=O)C1=C[C@H](C)[C@@H](CCCO)[C@H](OCC)O1. The third kappa shape index (κ3) is 4.55. The Hall–Kier alpha value is -1.51. The fourth-order valence-corrected chi connectivity index (χ4v) is 2.26. The van der Waals surface area contributed by atoms with Crippen LogP contribution in [0.25, 0.3) is 0 Å². The summed E-state index contributed by atoms with van der Waals surface area (Å²) in [6, 6.07) is 0. The number of aliphatic hydroxyl groups is 1. The van der Waals surface area contributed by atoms with Gasteiger partial charge < -0.3 is 19.9 Å². The zero-order chi connectivity index (χ0) is 15.0. The summed E-state index contributed by atoms with van der Waals surface area (Å²) in [6.45, 7) is 4.72. The molecule has 0 saturated heterocycles. The van der Waals surface area contributed by atoms with E-state index in [9.17, 15) is 4.79 Å². The number of hydrogen-bond donors (Lipinski definition) is 2. The molecule has 3 atom stereocenters. The molecule has 0 aromatic heterocycles. The van der Waals surface area contributed by atoms with Crippen LogP contribution in [0.1, 0.15) is 26.7 Å². The van der Waals surface area contributed by atoms with Gasteiger partial charge in [-0.15, -0.1) is 6.42 Å². The number of hydrogen-bond acceptors (Lipinski definition) is 4. The van der Waals surface area contributed by atoms with E-state index < -0.39 is 6.29 Å². The molecule has 1 aliphatic heterocycles. The Kier molecular flexibility index (Phi) is 7.13. The average molecular weight is 281 g/mol. The van der Waals surface area contributed by atoms with Crippen molar-refractivity contribution in [1.82, 2.24) is 5.32 Å². The molecule has 20 heavy (non-hydrogen) atoms. The Balaban J connectivity index is 2.76. The molecule has 0 aromatic rings. The highest BCUT2D eigenvalue weighted by Crippen LogP contribution is 2.32. The number of terminal acetylenes is 1. The number of ether oxygens (including phenoxy) is 2. The molecule has 1 aliphatic rings. The second-order valence-corrected chi connectivity index (χ2v) is 4.75.